The van der Waals surface area contributed by atoms with Gasteiger partial charge in [0, 0.05) is 19.0 Å². The zero-order valence-corrected chi connectivity index (χ0v) is 13.6. The maximum Gasteiger partial charge on any atom is 0.305 e. The van der Waals surface area contributed by atoms with Gasteiger partial charge in [0.15, 0.2) is 0 Å². The van der Waals surface area contributed by atoms with Crippen molar-refractivity contribution in [2.75, 3.05) is 19.4 Å². The average Bonchev–Trinajstić information content (AvgIpc) is 2.88. The first kappa shape index (κ1) is 17.4. The highest BCUT2D eigenvalue weighted by Gasteiger charge is 2.32. The van der Waals surface area contributed by atoms with Gasteiger partial charge in [0.1, 0.15) is 0 Å². The molecule has 0 saturated heterocycles. The fourth-order valence-electron chi connectivity index (χ4n) is 2.66. The highest BCUT2D eigenvalue weighted by Crippen LogP contribution is 2.27. The fraction of sp³-hybridized carbons (Fsp3) is 0.929. The van der Waals surface area contributed by atoms with Crippen molar-refractivity contribution < 1.29 is 17.9 Å². The number of methoxy groups -OCH3 is 1. The lowest BCUT2D eigenvalue weighted by Crippen LogP contribution is -2.42. The first-order valence-electron chi connectivity index (χ1n) is 7.43. The molecule has 0 bridgehead atoms. The van der Waals surface area contributed by atoms with Crippen LogP contribution in [0.3, 0.4) is 0 Å². The summed E-state index contributed by atoms with van der Waals surface area (Å²) in [6.45, 7) is 4.64. The van der Waals surface area contributed by atoms with Crippen LogP contribution in [0, 0.1) is 5.92 Å². The lowest BCUT2D eigenvalue weighted by Gasteiger charge is -2.29. The minimum atomic E-state index is -3.28. The highest BCUT2D eigenvalue weighted by molar-refractivity contribution is 7.89. The summed E-state index contributed by atoms with van der Waals surface area (Å²) >= 11 is 0. The van der Waals surface area contributed by atoms with Crippen molar-refractivity contribution in [1.82, 2.24) is 4.31 Å². The molecule has 6 heteroatoms. The van der Waals surface area contributed by atoms with Crippen LogP contribution in [0.1, 0.15) is 52.4 Å². The number of esters is 1. The molecule has 1 rings (SSSR count). The van der Waals surface area contributed by atoms with Gasteiger partial charge >= 0.3 is 5.97 Å². The molecule has 0 radical (unpaired) electrons. The minimum absolute atomic E-state index is 0.0331. The maximum atomic E-state index is 12.5. The number of hydrogen-bond donors (Lipinski definition) is 0. The number of sulfonamides is 1. The summed E-state index contributed by atoms with van der Waals surface area (Å²) < 4.78 is 31.2. The second-order valence-electron chi connectivity index (χ2n) is 5.90. The second-order valence-corrected chi connectivity index (χ2v) is 7.94. The Labute approximate surface area is 122 Å². The fourth-order valence-corrected chi connectivity index (χ4v) is 4.59. The van der Waals surface area contributed by atoms with Gasteiger partial charge in [-0.15, -0.1) is 0 Å². The zero-order valence-electron chi connectivity index (χ0n) is 12.8. The van der Waals surface area contributed by atoms with Crippen molar-refractivity contribution in [3.05, 3.63) is 0 Å². The van der Waals surface area contributed by atoms with Gasteiger partial charge in [0.25, 0.3) is 0 Å². The third-order valence-corrected chi connectivity index (χ3v) is 5.61. The molecule has 0 unspecified atom stereocenters. The van der Waals surface area contributed by atoms with Crippen molar-refractivity contribution in [1.29, 1.82) is 0 Å². The molecule has 118 valence electrons. The SMILES string of the molecule is COC(=O)CCCS(=O)(=O)N(CC(C)C)C1CCCC1. The van der Waals surface area contributed by atoms with Crippen LogP contribution in [-0.4, -0.2) is 44.1 Å². The number of carbonyl (C=O) groups excluding carboxylic acids is 1. The molecule has 0 spiro atoms. The summed E-state index contributed by atoms with van der Waals surface area (Å²) in [4.78, 5) is 11.1. The average molecular weight is 305 g/mol. The van der Waals surface area contributed by atoms with E-state index in [0.29, 0.717) is 18.9 Å². The quantitative estimate of drug-likeness (QED) is 0.645. The molecule has 1 aliphatic carbocycles. The number of hydrogen-bond acceptors (Lipinski definition) is 4. The van der Waals surface area contributed by atoms with Crippen molar-refractivity contribution in [3.8, 4) is 0 Å². The van der Waals surface area contributed by atoms with Gasteiger partial charge in [-0.05, 0) is 25.2 Å². The maximum absolute atomic E-state index is 12.5. The standard InChI is InChI=1S/C14H27NO4S/c1-12(2)11-15(13-7-4-5-8-13)20(17,18)10-6-9-14(16)19-3/h12-13H,4-11H2,1-3H3. The Kier molecular flexibility index (Phi) is 6.95. The van der Waals surface area contributed by atoms with E-state index in [2.05, 4.69) is 4.74 Å². The van der Waals surface area contributed by atoms with Gasteiger partial charge in [-0.2, -0.15) is 4.31 Å². The molecule has 5 nitrogen and oxygen atoms in total. The van der Waals surface area contributed by atoms with Crippen molar-refractivity contribution in [3.63, 3.8) is 0 Å². The Morgan fingerprint density at radius 1 is 1.30 bits per heavy atom. The monoisotopic (exact) mass is 305 g/mol. The number of ether oxygens (including phenoxy) is 1. The molecule has 0 atom stereocenters. The van der Waals surface area contributed by atoms with Crippen molar-refractivity contribution in [2.24, 2.45) is 5.92 Å². The Bertz CT molecular complexity index is 399. The van der Waals surface area contributed by atoms with E-state index in [4.69, 9.17) is 0 Å². The van der Waals surface area contributed by atoms with Crippen LogP contribution in [0.2, 0.25) is 0 Å². The van der Waals surface area contributed by atoms with Crippen LogP contribution in [0.15, 0.2) is 0 Å². The molecule has 0 aliphatic heterocycles. The predicted molar refractivity (Wildman–Crippen MR) is 78.8 cm³/mol. The number of nitrogens with zero attached hydrogens (tertiary/aromatic N) is 1. The molecule has 0 N–H and O–H groups in total. The Morgan fingerprint density at radius 2 is 1.90 bits per heavy atom. The summed E-state index contributed by atoms with van der Waals surface area (Å²) in [5.74, 6) is -0.00634. The Balaban J connectivity index is 2.64. The third-order valence-electron chi connectivity index (χ3n) is 3.65. The van der Waals surface area contributed by atoms with E-state index in [9.17, 15) is 13.2 Å². The summed E-state index contributed by atoms with van der Waals surface area (Å²) in [5.41, 5.74) is 0. The zero-order chi connectivity index (χ0) is 15.2. The van der Waals surface area contributed by atoms with Gasteiger partial charge in [-0.3, -0.25) is 4.79 Å². The van der Waals surface area contributed by atoms with Crippen LogP contribution < -0.4 is 0 Å². The van der Waals surface area contributed by atoms with Crippen molar-refractivity contribution in [2.45, 2.75) is 58.4 Å². The van der Waals surface area contributed by atoms with Gasteiger partial charge in [-0.1, -0.05) is 26.7 Å². The van der Waals surface area contributed by atoms with E-state index in [-0.39, 0.29) is 24.2 Å². The summed E-state index contributed by atoms with van der Waals surface area (Å²) in [5, 5.41) is 0. The predicted octanol–water partition coefficient (Wildman–Crippen LogP) is 2.17. The van der Waals surface area contributed by atoms with E-state index in [1.165, 1.54) is 7.11 Å². The van der Waals surface area contributed by atoms with E-state index in [1.54, 1.807) is 4.31 Å². The lowest BCUT2D eigenvalue weighted by atomic mass is 10.2. The second kappa shape index (κ2) is 7.98. The van der Waals surface area contributed by atoms with Gasteiger partial charge in [-0.25, -0.2) is 8.42 Å². The summed E-state index contributed by atoms with van der Waals surface area (Å²) in [6, 6.07) is 0.153. The van der Waals surface area contributed by atoms with Gasteiger partial charge in [0.2, 0.25) is 10.0 Å². The molecule has 0 amide bonds. The number of rotatable bonds is 8. The van der Waals surface area contributed by atoms with Gasteiger partial charge in [0.05, 0.1) is 12.9 Å². The molecule has 0 aromatic heterocycles. The van der Waals surface area contributed by atoms with E-state index < -0.39 is 10.0 Å². The van der Waals surface area contributed by atoms with Crippen LogP contribution in [0.4, 0.5) is 0 Å². The molecule has 20 heavy (non-hydrogen) atoms. The number of carbonyl (C=O) groups is 1. The third kappa shape index (κ3) is 5.40. The largest absolute Gasteiger partial charge is 0.469 e. The van der Waals surface area contributed by atoms with Crippen LogP contribution in [-0.2, 0) is 19.6 Å². The lowest BCUT2D eigenvalue weighted by molar-refractivity contribution is -0.140. The molecule has 1 fully saturated rings. The highest BCUT2D eigenvalue weighted by atomic mass is 32.2. The van der Waals surface area contributed by atoms with Crippen LogP contribution >= 0.6 is 0 Å². The Hall–Kier alpha value is -0.620. The van der Waals surface area contributed by atoms with Crippen LogP contribution in [0.25, 0.3) is 0 Å². The molecular weight excluding hydrogens is 278 g/mol. The van der Waals surface area contributed by atoms with Crippen LogP contribution in [0.5, 0.6) is 0 Å². The Morgan fingerprint density at radius 3 is 2.40 bits per heavy atom. The smallest absolute Gasteiger partial charge is 0.305 e. The molecule has 0 aromatic rings. The molecule has 0 heterocycles. The topological polar surface area (TPSA) is 63.7 Å². The van der Waals surface area contributed by atoms with Crippen molar-refractivity contribution >= 4 is 16.0 Å². The van der Waals surface area contributed by atoms with E-state index >= 15 is 0 Å². The normalized spacial score (nSPS) is 17.1. The summed E-state index contributed by atoms with van der Waals surface area (Å²) in [6.07, 6.45) is 4.63. The van der Waals surface area contributed by atoms with Gasteiger partial charge < -0.3 is 4.74 Å². The minimum Gasteiger partial charge on any atom is -0.469 e. The first-order valence-corrected chi connectivity index (χ1v) is 9.04. The molecular formula is C14H27NO4S. The molecule has 1 saturated carbocycles. The summed E-state index contributed by atoms with van der Waals surface area (Å²) in [7, 11) is -1.96. The first-order chi connectivity index (χ1) is 9.36. The molecule has 0 aromatic carbocycles. The van der Waals surface area contributed by atoms with E-state index in [1.807, 2.05) is 13.8 Å². The molecule has 1 aliphatic rings. The van der Waals surface area contributed by atoms with E-state index in [0.717, 1.165) is 25.7 Å².